The zero-order chi connectivity index (χ0) is 11.7. The minimum Gasteiger partial charge on any atom is -0.458 e. The Labute approximate surface area is 98.3 Å². The minimum absolute atomic E-state index is 0.380. The Balaban J connectivity index is 2.11. The Kier molecular flexibility index (Phi) is 2.29. The Hall–Kier alpha value is -2.29. The topological polar surface area (TPSA) is 35.5 Å². The van der Waals surface area contributed by atoms with Crippen LogP contribution in [0.2, 0.25) is 0 Å². The lowest BCUT2D eigenvalue weighted by atomic mass is 10.0. The fraction of sp³-hybridized carbons (Fsp3) is 0.0714. The third kappa shape index (κ3) is 1.76. The predicted molar refractivity (Wildman–Crippen MR) is 63.0 cm³/mol. The predicted octanol–water partition coefficient (Wildman–Crippen LogP) is 2.93. The number of carbonyl (C=O) groups is 1. The lowest BCUT2D eigenvalue weighted by molar-refractivity contribution is -0.169. The number of cyclic esters (lactones) is 1. The summed E-state index contributed by atoms with van der Waals surface area (Å²) in [4.78, 5) is 11.2. The summed E-state index contributed by atoms with van der Waals surface area (Å²) in [5, 5.41) is 2.13. The summed E-state index contributed by atoms with van der Waals surface area (Å²) in [5.74, 6) is -0.380. The third-order valence-electron chi connectivity index (χ3n) is 2.71. The second kappa shape index (κ2) is 3.94. The first-order valence-corrected chi connectivity index (χ1v) is 5.35. The van der Waals surface area contributed by atoms with Gasteiger partial charge in [-0.1, -0.05) is 42.5 Å². The average molecular weight is 226 g/mol. The summed E-state index contributed by atoms with van der Waals surface area (Å²) in [6.45, 7) is 0. The zero-order valence-electron chi connectivity index (χ0n) is 9.00. The summed E-state index contributed by atoms with van der Waals surface area (Å²) in [6.07, 6.45) is 1.98. The van der Waals surface area contributed by atoms with Crippen molar-refractivity contribution in [2.75, 3.05) is 0 Å². The van der Waals surface area contributed by atoms with Crippen LogP contribution in [0.25, 0.3) is 10.8 Å². The Morgan fingerprint density at radius 3 is 2.71 bits per heavy atom. The van der Waals surface area contributed by atoms with Crippen LogP contribution in [0, 0.1) is 0 Å². The smallest absolute Gasteiger partial charge is 0.337 e. The van der Waals surface area contributed by atoms with Crippen molar-refractivity contribution in [2.45, 2.75) is 6.29 Å². The highest BCUT2D eigenvalue weighted by Gasteiger charge is 2.21. The van der Waals surface area contributed by atoms with Crippen molar-refractivity contribution in [2.24, 2.45) is 0 Å². The van der Waals surface area contributed by atoms with Crippen molar-refractivity contribution >= 4 is 16.7 Å². The summed E-state index contributed by atoms with van der Waals surface area (Å²) < 4.78 is 10.5. The molecule has 0 aromatic heterocycles. The van der Waals surface area contributed by atoms with Crippen LogP contribution in [0.4, 0.5) is 0 Å². The highest BCUT2D eigenvalue weighted by atomic mass is 16.7. The molecular formula is C14H10O3. The molecule has 0 saturated heterocycles. The normalized spacial score (nSPS) is 18.8. The molecule has 1 heterocycles. The largest absolute Gasteiger partial charge is 0.458 e. The van der Waals surface area contributed by atoms with Gasteiger partial charge in [-0.3, -0.25) is 0 Å². The van der Waals surface area contributed by atoms with Gasteiger partial charge in [-0.2, -0.15) is 0 Å². The molecule has 3 nitrogen and oxygen atoms in total. The standard InChI is InChI=1S/C14H10O3/c15-13-8-9-16-14(17-13)12-7-3-5-10-4-1-2-6-11(10)12/h1-9,14H. The van der Waals surface area contributed by atoms with E-state index >= 15 is 0 Å². The lowest BCUT2D eigenvalue weighted by Gasteiger charge is -2.21. The van der Waals surface area contributed by atoms with Gasteiger partial charge in [-0.25, -0.2) is 4.79 Å². The van der Waals surface area contributed by atoms with Crippen molar-refractivity contribution in [3.8, 4) is 0 Å². The number of ether oxygens (including phenoxy) is 2. The van der Waals surface area contributed by atoms with Gasteiger partial charge in [0.2, 0.25) is 0 Å². The van der Waals surface area contributed by atoms with Gasteiger partial charge in [0.15, 0.2) is 0 Å². The van der Waals surface area contributed by atoms with Crippen LogP contribution in [-0.4, -0.2) is 5.97 Å². The van der Waals surface area contributed by atoms with Gasteiger partial charge in [0.05, 0.1) is 12.3 Å². The van der Waals surface area contributed by atoms with Crippen LogP contribution in [0.1, 0.15) is 11.9 Å². The second-order valence-corrected chi connectivity index (χ2v) is 3.78. The maximum Gasteiger partial charge on any atom is 0.337 e. The van der Waals surface area contributed by atoms with Crippen LogP contribution in [0.15, 0.2) is 54.8 Å². The van der Waals surface area contributed by atoms with E-state index in [-0.39, 0.29) is 5.97 Å². The summed E-state index contributed by atoms with van der Waals surface area (Å²) in [5.41, 5.74) is 0.862. The first kappa shape index (κ1) is 9.90. The monoisotopic (exact) mass is 226 g/mol. The summed E-state index contributed by atoms with van der Waals surface area (Å²) in [6, 6.07) is 13.8. The Morgan fingerprint density at radius 2 is 1.82 bits per heavy atom. The van der Waals surface area contributed by atoms with E-state index in [2.05, 4.69) is 0 Å². The molecular weight excluding hydrogens is 216 g/mol. The SMILES string of the molecule is O=C1C=COC(c2cccc3ccccc23)O1. The molecule has 1 aliphatic rings. The van der Waals surface area contributed by atoms with Gasteiger partial charge in [0, 0.05) is 5.56 Å². The van der Waals surface area contributed by atoms with Crippen molar-refractivity contribution < 1.29 is 14.3 Å². The molecule has 0 amide bonds. The maximum atomic E-state index is 11.2. The van der Waals surface area contributed by atoms with Crippen LogP contribution in [0.3, 0.4) is 0 Å². The van der Waals surface area contributed by atoms with E-state index in [1.165, 1.54) is 12.3 Å². The molecule has 0 N–H and O–H groups in total. The minimum atomic E-state index is -0.654. The van der Waals surface area contributed by atoms with Crippen molar-refractivity contribution in [1.29, 1.82) is 0 Å². The van der Waals surface area contributed by atoms with Gasteiger partial charge in [-0.15, -0.1) is 0 Å². The molecule has 0 spiro atoms. The number of fused-ring (bicyclic) bond motifs is 1. The van der Waals surface area contributed by atoms with Crippen molar-refractivity contribution in [3.63, 3.8) is 0 Å². The highest BCUT2D eigenvalue weighted by Crippen LogP contribution is 2.29. The number of carbonyl (C=O) groups excluding carboxylic acids is 1. The molecule has 1 atom stereocenters. The fourth-order valence-corrected chi connectivity index (χ4v) is 1.93. The van der Waals surface area contributed by atoms with Crippen LogP contribution < -0.4 is 0 Å². The molecule has 2 aromatic rings. The first-order valence-electron chi connectivity index (χ1n) is 5.35. The van der Waals surface area contributed by atoms with Gasteiger partial charge < -0.3 is 9.47 Å². The van der Waals surface area contributed by atoms with Crippen LogP contribution in [0.5, 0.6) is 0 Å². The molecule has 1 unspecified atom stereocenters. The molecule has 84 valence electrons. The Bertz CT molecular complexity index is 596. The van der Waals surface area contributed by atoms with Crippen molar-refractivity contribution in [3.05, 3.63) is 60.4 Å². The maximum absolute atomic E-state index is 11.2. The van der Waals surface area contributed by atoms with E-state index in [0.29, 0.717) is 0 Å². The third-order valence-corrected chi connectivity index (χ3v) is 2.71. The van der Waals surface area contributed by atoms with Crippen LogP contribution in [-0.2, 0) is 14.3 Å². The van der Waals surface area contributed by atoms with Crippen LogP contribution >= 0.6 is 0 Å². The van der Waals surface area contributed by atoms with Gasteiger partial charge >= 0.3 is 5.97 Å². The number of rotatable bonds is 1. The van der Waals surface area contributed by atoms with E-state index in [9.17, 15) is 4.79 Å². The van der Waals surface area contributed by atoms with E-state index < -0.39 is 6.29 Å². The summed E-state index contributed by atoms with van der Waals surface area (Å²) in [7, 11) is 0. The number of hydrogen-bond acceptors (Lipinski definition) is 3. The van der Waals surface area contributed by atoms with Crippen molar-refractivity contribution in [1.82, 2.24) is 0 Å². The van der Waals surface area contributed by atoms with E-state index in [4.69, 9.17) is 9.47 Å². The molecule has 3 heteroatoms. The number of hydrogen-bond donors (Lipinski definition) is 0. The quantitative estimate of drug-likeness (QED) is 0.701. The van der Waals surface area contributed by atoms with E-state index in [0.717, 1.165) is 16.3 Å². The molecule has 0 fully saturated rings. The van der Waals surface area contributed by atoms with E-state index in [1.54, 1.807) is 0 Å². The summed E-state index contributed by atoms with van der Waals surface area (Å²) >= 11 is 0. The average Bonchev–Trinajstić information content (AvgIpc) is 2.38. The molecule has 0 bridgehead atoms. The second-order valence-electron chi connectivity index (χ2n) is 3.78. The molecule has 0 saturated carbocycles. The van der Waals surface area contributed by atoms with Gasteiger partial charge in [0.25, 0.3) is 6.29 Å². The number of benzene rings is 2. The lowest BCUT2D eigenvalue weighted by Crippen LogP contribution is -2.15. The molecule has 2 aromatic carbocycles. The highest BCUT2D eigenvalue weighted by molar-refractivity contribution is 5.87. The fourth-order valence-electron chi connectivity index (χ4n) is 1.93. The molecule has 0 aliphatic carbocycles. The molecule has 0 radical (unpaired) electrons. The Morgan fingerprint density at radius 1 is 1.00 bits per heavy atom. The molecule has 17 heavy (non-hydrogen) atoms. The molecule has 3 rings (SSSR count). The van der Waals surface area contributed by atoms with Gasteiger partial charge in [-0.05, 0) is 10.8 Å². The zero-order valence-corrected chi connectivity index (χ0v) is 9.00. The first-order chi connectivity index (χ1) is 8.34. The van der Waals surface area contributed by atoms with Gasteiger partial charge in [0.1, 0.15) is 0 Å². The molecule has 1 aliphatic heterocycles. The van der Waals surface area contributed by atoms with E-state index in [1.807, 2.05) is 42.5 Å². The number of esters is 1.